The van der Waals surface area contributed by atoms with E-state index in [9.17, 15) is 39.6 Å². The van der Waals surface area contributed by atoms with Crippen molar-refractivity contribution < 1.29 is 120 Å². The van der Waals surface area contributed by atoms with Gasteiger partial charge < -0.3 is 20.4 Å². The Hall–Kier alpha value is -9.16. The van der Waals surface area contributed by atoms with Gasteiger partial charge in [0.2, 0.25) is 0 Å². The first-order valence-electron chi connectivity index (χ1n) is 52.4. The van der Waals surface area contributed by atoms with Crippen molar-refractivity contribution in [2.24, 2.45) is 59.2 Å². The number of rotatable bonds is 35. The molecule has 145 heavy (non-hydrogen) atoms. The second-order valence-electron chi connectivity index (χ2n) is 40.0. The van der Waals surface area contributed by atoms with Crippen LogP contribution in [0.3, 0.4) is 0 Å². The van der Waals surface area contributed by atoms with Crippen LogP contribution in [0.25, 0.3) is 88.6 Å². The maximum atomic E-state index is 11.7. The van der Waals surface area contributed by atoms with Crippen LogP contribution < -0.4 is 0 Å². The van der Waals surface area contributed by atoms with Crippen LogP contribution in [0, 0.1) is 139 Å². The molecule has 0 spiro atoms. The number of carbonyl (C=O) groups excluding carboxylic acids is 4. The summed E-state index contributed by atoms with van der Waals surface area (Å²) >= 11 is 0. The Labute approximate surface area is 928 Å². The maximum absolute atomic E-state index is 11.7. The smallest absolute Gasteiger partial charge is 0.162 e. The van der Waals surface area contributed by atoms with Gasteiger partial charge in [-0.3, -0.25) is 39.1 Å². The fourth-order valence-electron chi connectivity index (χ4n) is 17.6. The van der Waals surface area contributed by atoms with E-state index in [0.29, 0.717) is 42.4 Å². The van der Waals surface area contributed by atoms with Gasteiger partial charge in [-0.25, -0.2) is 0 Å². The largest absolute Gasteiger partial charge is 0.512 e. The molecular weight excluding hydrogens is 2500 g/mol. The Balaban J connectivity index is 0.000000832. The average molecular weight is 2670 g/mol. The normalized spacial score (nSPS) is 11.4. The van der Waals surface area contributed by atoms with Crippen LogP contribution in [0.1, 0.15) is 309 Å². The molecule has 0 unspecified atom stereocenters. The second kappa shape index (κ2) is 69.9. The van der Waals surface area contributed by atoms with Crippen LogP contribution in [0.5, 0.6) is 0 Å². The summed E-state index contributed by atoms with van der Waals surface area (Å²) in [4.78, 5) is 65.6. The molecule has 12 rings (SSSR count). The van der Waals surface area contributed by atoms with Gasteiger partial charge in [-0.1, -0.05) is 311 Å². The Morgan fingerprint density at radius 3 is 0.841 bits per heavy atom. The number of aromatic nitrogens is 4. The quantitative estimate of drug-likeness (QED) is 0.0167. The van der Waals surface area contributed by atoms with Gasteiger partial charge in [0.25, 0.3) is 0 Å². The fourth-order valence-corrected chi connectivity index (χ4v) is 17.6. The number of carbonyl (C=O) groups is 4. The zero-order valence-electron chi connectivity index (χ0n) is 92.8. The van der Waals surface area contributed by atoms with Crippen LogP contribution in [-0.4, -0.2) is 63.5 Å². The number of para-hydroxylation sites is 1. The van der Waals surface area contributed by atoms with Crippen molar-refractivity contribution >= 4 is 66.7 Å². The van der Waals surface area contributed by atoms with E-state index in [-0.39, 0.29) is 162 Å². The SMILES string of the molecule is CC(C)CC(=O)C=C(O)CC(C)C.CCC(CC)C(=O)C=C(O)C(CC)CC.CCC(CC)C(=O)C=C(O)C(CC)CC.CCC(CC)C(=O)C=C(O)C(CC)CC.Cc1[c-]c(-c2ccc3c(C(C)C)cccc3n2)cc(C)c1.Cc1[c-]c(-c2ccc3c(CC(C)C)cccc3n2)cc(C)c1.Cc1[c-]c(-c2ccc3c(CC(C)C)cccc3n2)cc(C)c1.Cc1[c-]c(-c2ccc3ccccc3n2)cc(C)c1.[Ir].[Ir].[Ir].[Ir]. The van der Waals surface area contributed by atoms with Gasteiger partial charge in [0.05, 0.1) is 45.1 Å². The number of aryl methyl sites for hydroxylation is 8. The molecule has 0 bridgehead atoms. The van der Waals surface area contributed by atoms with Crippen molar-refractivity contribution in [1.82, 2.24) is 19.9 Å². The molecular formula is C129H170Ir4N4O8-4. The molecule has 0 aliphatic carbocycles. The third-order valence-corrected chi connectivity index (χ3v) is 25.4. The van der Waals surface area contributed by atoms with E-state index in [1.165, 1.54) is 84.8 Å². The Bertz CT molecular complexity index is 5740. The van der Waals surface area contributed by atoms with E-state index in [2.05, 4.69) is 279 Å². The molecule has 794 valence electrons. The van der Waals surface area contributed by atoms with Crippen LogP contribution in [0.2, 0.25) is 0 Å². The van der Waals surface area contributed by atoms with Gasteiger partial charge in [0, 0.05) is 169 Å². The number of benzene rings is 8. The third kappa shape index (κ3) is 45.8. The molecule has 4 N–H and O–H groups in total. The van der Waals surface area contributed by atoms with Crippen molar-refractivity contribution in [3.63, 3.8) is 0 Å². The first kappa shape index (κ1) is 134. The summed E-state index contributed by atoms with van der Waals surface area (Å²) in [6.07, 6.45) is 19.4. The Morgan fingerprint density at radius 1 is 0.290 bits per heavy atom. The molecule has 16 heteroatoms. The van der Waals surface area contributed by atoms with Gasteiger partial charge >= 0.3 is 0 Å². The van der Waals surface area contributed by atoms with Crippen LogP contribution in [-0.2, 0) is 112 Å². The number of pyridine rings is 4. The molecule has 4 heterocycles. The van der Waals surface area contributed by atoms with Crippen molar-refractivity contribution in [3.05, 3.63) is 309 Å². The van der Waals surface area contributed by atoms with E-state index in [1.807, 2.05) is 129 Å². The van der Waals surface area contributed by atoms with Crippen molar-refractivity contribution in [1.29, 1.82) is 0 Å². The minimum Gasteiger partial charge on any atom is -0.512 e. The van der Waals surface area contributed by atoms with Gasteiger partial charge in [0.1, 0.15) is 0 Å². The Kier molecular flexibility index (Phi) is 64.6. The molecule has 0 aliphatic heterocycles. The number of allylic oxidation sites excluding steroid dienone is 8. The van der Waals surface area contributed by atoms with E-state index in [4.69, 9.17) is 19.9 Å². The molecule has 4 radical (unpaired) electrons. The van der Waals surface area contributed by atoms with Gasteiger partial charge in [-0.05, 0) is 189 Å². The summed E-state index contributed by atoms with van der Waals surface area (Å²) in [5.41, 5.74) is 26.3. The number of hydrogen-bond acceptors (Lipinski definition) is 12. The van der Waals surface area contributed by atoms with E-state index in [1.54, 1.807) is 0 Å². The fraction of sp³-hybridized carbons (Fsp3) is 0.442. The van der Waals surface area contributed by atoms with Crippen LogP contribution in [0.4, 0.5) is 0 Å². The van der Waals surface area contributed by atoms with Gasteiger partial charge in [0.15, 0.2) is 23.1 Å². The number of ketones is 4. The molecule has 4 aromatic heterocycles. The zero-order chi connectivity index (χ0) is 105. The molecule has 0 atom stereocenters. The molecule has 0 saturated carbocycles. The predicted octanol–water partition coefficient (Wildman–Crippen LogP) is 35.5. The van der Waals surface area contributed by atoms with E-state index in [0.717, 1.165) is 179 Å². The Morgan fingerprint density at radius 2 is 0.559 bits per heavy atom. The number of aliphatic hydroxyl groups is 4. The molecule has 12 aromatic rings. The van der Waals surface area contributed by atoms with Crippen LogP contribution >= 0.6 is 0 Å². The molecule has 0 aliphatic rings. The number of hydrogen-bond donors (Lipinski definition) is 4. The summed E-state index contributed by atoms with van der Waals surface area (Å²) in [5, 5.41) is 43.6. The molecule has 8 aromatic carbocycles. The summed E-state index contributed by atoms with van der Waals surface area (Å²) in [7, 11) is 0. The zero-order valence-corrected chi connectivity index (χ0v) is 102. The number of aliphatic hydroxyl groups excluding tert-OH is 4. The van der Waals surface area contributed by atoms with E-state index < -0.39 is 0 Å². The second-order valence-corrected chi connectivity index (χ2v) is 40.0. The molecule has 12 nitrogen and oxygen atoms in total. The van der Waals surface area contributed by atoms with Gasteiger partial charge in [-0.2, -0.15) is 0 Å². The summed E-state index contributed by atoms with van der Waals surface area (Å²) < 4.78 is 0. The monoisotopic (exact) mass is 2680 g/mol. The summed E-state index contributed by atoms with van der Waals surface area (Å²) in [5.74, 6) is 4.43. The molecule has 0 fully saturated rings. The van der Waals surface area contributed by atoms with Crippen molar-refractivity contribution in [3.8, 4) is 45.0 Å². The first-order chi connectivity index (χ1) is 67.0. The summed E-state index contributed by atoms with van der Waals surface area (Å²) in [6, 6.07) is 75.3. The number of nitrogens with zero attached hydrogens (tertiary/aromatic N) is 4. The number of fused-ring (bicyclic) bond motifs is 4. The van der Waals surface area contributed by atoms with Crippen molar-refractivity contribution in [2.75, 3.05) is 0 Å². The summed E-state index contributed by atoms with van der Waals surface area (Å²) in [6.45, 7) is 62.4. The van der Waals surface area contributed by atoms with Crippen molar-refractivity contribution in [2.45, 2.75) is 316 Å². The molecule has 0 amide bonds. The standard InChI is InChI=1S/2C21H22N.C20H20N.C17H14N.3C13H24O2.C11H20O2.4Ir/c2*1-14(2)10-17-6-5-7-21-19(17)8-9-20(22-21)18-12-15(3)11-16(4)13-18;1-13(2)17-6-5-7-20-18(17)8-9-19(21-20)16-11-14(3)10-15(4)12-16;1-12-9-13(2)11-15(10-12)17-8-7-14-5-3-4-6-16(14)18-17;3*1-5-10(6-2)12(14)9-13(15)11(7-3)8-4;1-8(2)5-10(12)7-11(13)6-9(3)4;;;;/h2*5-9,11-12,14H,10H2,1-4H3;5-11,13H,1-4H3;3-10H,1-2H3;3*9-11,14H,5-8H2,1-4H3;7-9,12H,5-6H2,1-4H3;;;;/q4*-1;;;;;;;;. The van der Waals surface area contributed by atoms with E-state index >= 15 is 0 Å². The van der Waals surface area contributed by atoms with Crippen LogP contribution in [0.15, 0.2) is 223 Å². The maximum Gasteiger partial charge on any atom is 0.162 e. The predicted molar refractivity (Wildman–Crippen MR) is 599 cm³/mol. The van der Waals surface area contributed by atoms with Gasteiger partial charge in [-0.15, -0.1) is 140 Å². The third-order valence-electron chi connectivity index (χ3n) is 25.4. The average Bonchev–Trinajstić information content (AvgIpc) is 0.790. The molecule has 0 saturated heterocycles. The minimum absolute atomic E-state index is 0. The topological polar surface area (TPSA) is 201 Å². The first-order valence-corrected chi connectivity index (χ1v) is 52.4. The minimum atomic E-state index is 0.